The third-order valence-corrected chi connectivity index (χ3v) is 5.15. The van der Waals surface area contributed by atoms with Gasteiger partial charge in [0.25, 0.3) is 5.56 Å². The van der Waals surface area contributed by atoms with Crippen molar-refractivity contribution in [3.05, 3.63) is 34.6 Å². The van der Waals surface area contributed by atoms with Gasteiger partial charge in [0.1, 0.15) is 5.25 Å². The van der Waals surface area contributed by atoms with E-state index in [0.29, 0.717) is 29.1 Å². The van der Waals surface area contributed by atoms with Gasteiger partial charge in [-0.15, -0.1) is 0 Å². The van der Waals surface area contributed by atoms with Gasteiger partial charge >= 0.3 is 5.97 Å². The lowest BCUT2D eigenvalue weighted by Crippen LogP contribution is -2.27. The number of hydrogen-bond acceptors (Lipinski definition) is 5. The summed E-state index contributed by atoms with van der Waals surface area (Å²) in [6.07, 6.45) is 1.48. The first-order valence-electron chi connectivity index (χ1n) is 7.46. The molecule has 0 aliphatic carbocycles. The Morgan fingerprint density at radius 3 is 2.86 bits per heavy atom. The Bertz CT molecular complexity index is 772. The van der Waals surface area contributed by atoms with Crippen molar-refractivity contribution in [1.29, 1.82) is 0 Å². The van der Waals surface area contributed by atoms with E-state index < -0.39 is 0 Å². The van der Waals surface area contributed by atoms with Crippen LogP contribution in [0, 0.1) is 0 Å². The minimum absolute atomic E-state index is 0.0320. The third-order valence-electron chi connectivity index (χ3n) is 3.94. The van der Waals surface area contributed by atoms with Crippen molar-refractivity contribution in [2.75, 3.05) is 6.61 Å². The molecular weight excluding hydrogens is 300 g/mol. The number of para-hydroxylation sites is 1. The van der Waals surface area contributed by atoms with Crippen molar-refractivity contribution in [3.63, 3.8) is 0 Å². The van der Waals surface area contributed by atoms with E-state index in [9.17, 15) is 9.59 Å². The minimum Gasteiger partial charge on any atom is -0.465 e. The van der Waals surface area contributed by atoms with Gasteiger partial charge < -0.3 is 4.74 Å². The smallest absolute Gasteiger partial charge is 0.319 e. The van der Waals surface area contributed by atoms with Crippen molar-refractivity contribution in [2.24, 2.45) is 0 Å². The number of aromatic nitrogens is 2. The molecule has 1 aliphatic heterocycles. The summed E-state index contributed by atoms with van der Waals surface area (Å²) < 4.78 is 6.71. The van der Waals surface area contributed by atoms with Crippen LogP contribution in [0.3, 0.4) is 0 Å². The Hall–Kier alpha value is -1.82. The van der Waals surface area contributed by atoms with Gasteiger partial charge in [-0.2, -0.15) is 0 Å². The number of thioether (sulfide) groups is 1. The quantitative estimate of drug-likeness (QED) is 0.641. The highest BCUT2D eigenvalue weighted by Gasteiger charge is 2.30. The average Bonchev–Trinajstić information content (AvgIpc) is 2.92. The summed E-state index contributed by atoms with van der Waals surface area (Å²) in [6.45, 7) is 4.47. The van der Waals surface area contributed by atoms with E-state index in [4.69, 9.17) is 4.74 Å². The molecule has 0 radical (unpaired) electrons. The number of ether oxygens (including phenoxy) is 1. The number of cyclic esters (lactones) is 1. The molecule has 3 rings (SSSR count). The van der Waals surface area contributed by atoms with Crippen LogP contribution in [0.2, 0.25) is 0 Å². The highest BCUT2D eigenvalue weighted by molar-refractivity contribution is 8.00. The van der Waals surface area contributed by atoms with Gasteiger partial charge in [-0.1, -0.05) is 30.8 Å². The van der Waals surface area contributed by atoms with Crippen LogP contribution in [-0.2, 0) is 9.53 Å². The molecule has 1 aromatic carbocycles. The number of rotatable bonds is 4. The first kappa shape index (κ1) is 15.1. The molecule has 2 aromatic rings. The van der Waals surface area contributed by atoms with Gasteiger partial charge in [0.2, 0.25) is 0 Å². The molecule has 0 spiro atoms. The molecule has 5 nitrogen and oxygen atoms in total. The molecule has 6 heteroatoms. The lowest BCUT2D eigenvalue weighted by molar-refractivity contribution is -0.137. The summed E-state index contributed by atoms with van der Waals surface area (Å²) in [6, 6.07) is 7.36. The predicted molar refractivity (Wildman–Crippen MR) is 86.2 cm³/mol. The number of nitrogens with zero attached hydrogens (tertiary/aromatic N) is 2. The van der Waals surface area contributed by atoms with Crippen LogP contribution in [-0.4, -0.2) is 27.4 Å². The first-order valence-corrected chi connectivity index (χ1v) is 8.34. The van der Waals surface area contributed by atoms with E-state index in [1.165, 1.54) is 11.8 Å². The zero-order valence-corrected chi connectivity index (χ0v) is 13.4. The van der Waals surface area contributed by atoms with Crippen LogP contribution in [0.1, 0.15) is 32.7 Å². The fourth-order valence-corrected chi connectivity index (χ4v) is 3.65. The van der Waals surface area contributed by atoms with Gasteiger partial charge in [-0.3, -0.25) is 14.2 Å². The minimum atomic E-state index is -0.275. The SMILES string of the molecule is CC[C@H](C)n1c(S[C@@H]2CCOC2=O)nc2ccccc2c1=O. The van der Waals surface area contributed by atoms with Crippen LogP contribution in [0.25, 0.3) is 10.9 Å². The maximum absolute atomic E-state index is 12.8. The van der Waals surface area contributed by atoms with E-state index >= 15 is 0 Å². The standard InChI is InChI=1S/C16H18N2O3S/c1-3-10(2)18-14(19)11-6-4-5-7-12(11)17-16(18)22-13-8-9-21-15(13)20/h4-7,10,13H,3,8-9H2,1-2H3/t10-,13+/m0/s1. The molecule has 1 aliphatic rings. The summed E-state index contributed by atoms with van der Waals surface area (Å²) in [5.41, 5.74) is 0.620. The zero-order chi connectivity index (χ0) is 15.7. The van der Waals surface area contributed by atoms with Crippen molar-refractivity contribution in [2.45, 2.75) is 43.1 Å². The monoisotopic (exact) mass is 318 g/mol. The Morgan fingerprint density at radius 2 is 2.18 bits per heavy atom. The van der Waals surface area contributed by atoms with Crippen LogP contribution < -0.4 is 5.56 Å². The topological polar surface area (TPSA) is 61.2 Å². The van der Waals surface area contributed by atoms with Gasteiger partial charge in [0, 0.05) is 12.5 Å². The molecule has 22 heavy (non-hydrogen) atoms. The zero-order valence-electron chi connectivity index (χ0n) is 12.6. The van der Waals surface area contributed by atoms with Gasteiger partial charge in [-0.05, 0) is 25.5 Å². The Kier molecular flexibility index (Phi) is 4.20. The number of carbonyl (C=O) groups is 1. The van der Waals surface area contributed by atoms with Crippen molar-refractivity contribution < 1.29 is 9.53 Å². The lowest BCUT2D eigenvalue weighted by atomic mass is 10.2. The second-order valence-electron chi connectivity index (χ2n) is 5.41. The van der Waals surface area contributed by atoms with Crippen molar-refractivity contribution in [3.8, 4) is 0 Å². The molecule has 1 aromatic heterocycles. The van der Waals surface area contributed by atoms with Gasteiger partial charge in [0.15, 0.2) is 5.16 Å². The number of benzene rings is 1. The molecule has 0 bridgehead atoms. The van der Waals surface area contributed by atoms with E-state index in [-0.39, 0.29) is 22.8 Å². The van der Waals surface area contributed by atoms with E-state index in [1.807, 2.05) is 32.0 Å². The van der Waals surface area contributed by atoms with Gasteiger partial charge in [0.05, 0.1) is 17.5 Å². The highest BCUT2D eigenvalue weighted by Crippen LogP contribution is 2.30. The fourth-order valence-electron chi connectivity index (χ4n) is 2.49. The molecular formula is C16H18N2O3S. The van der Waals surface area contributed by atoms with E-state index in [2.05, 4.69) is 4.98 Å². The molecule has 0 N–H and O–H groups in total. The van der Waals surface area contributed by atoms with Crippen LogP contribution in [0.15, 0.2) is 34.2 Å². The summed E-state index contributed by atoms with van der Waals surface area (Å²) in [4.78, 5) is 29.1. The molecule has 116 valence electrons. The maximum Gasteiger partial charge on any atom is 0.319 e. The van der Waals surface area contributed by atoms with Crippen molar-refractivity contribution >= 4 is 28.6 Å². The molecule has 0 saturated carbocycles. The molecule has 2 atom stereocenters. The largest absolute Gasteiger partial charge is 0.465 e. The Balaban J connectivity index is 2.13. The molecule has 0 amide bonds. The molecule has 1 fully saturated rings. The Labute approximate surface area is 132 Å². The lowest BCUT2D eigenvalue weighted by Gasteiger charge is -2.19. The number of carbonyl (C=O) groups excluding carboxylic acids is 1. The maximum atomic E-state index is 12.8. The van der Waals surface area contributed by atoms with Crippen molar-refractivity contribution in [1.82, 2.24) is 9.55 Å². The van der Waals surface area contributed by atoms with Gasteiger partial charge in [-0.25, -0.2) is 4.98 Å². The summed E-state index contributed by atoms with van der Waals surface area (Å²) in [5, 5.41) is 0.936. The predicted octanol–water partition coefficient (Wildman–Crippen LogP) is 2.78. The normalized spacial score (nSPS) is 19.4. The average molecular weight is 318 g/mol. The first-order chi connectivity index (χ1) is 10.6. The fraction of sp³-hybridized carbons (Fsp3) is 0.438. The summed E-state index contributed by atoms with van der Waals surface area (Å²) >= 11 is 1.34. The number of hydrogen-bond donors (Lipinski definition) is 0. The number of esters is 1. The molecule has 0 unspecified atom stereocenters. The van der Waals surface area contributed by atoms with Crippen LogP contribution in [0.5, 0.6) is 0 Å². The van der Waals surface area contributed by atoms with Crippen LogP contribution >= 0.6 is 11.8 Å². The second-order valence-corrected chi connectivity index (χ2v) is 6.58. The third kappa shape index (κ3) is 2.63. The molecule has 1 saturated heterocycles. The Morgan fingerprint density at radius 1 is 1.41 bits per heavy atom. The second kappa shape index (κ2) is 6.12. The number of fused-ring (bicyclic) bond motifs is 1. The van der Waals surface area contributed by atoms with E-state index in [1.54, 1.807) is 10.6 Å². The summed E-state index contributed by atoms with van der Waals surface area (Å²) in [5.74, 6) is -0.219. The molecule has 2 heterocycles. The summed E-state index contributed by atoms with van der Waals surface area (Å²) in [7, 11) is 0. The van der Waals surface area contributed by atoms with E-state index in [0.717, 1.165) is 6.42 Å². The van der Waals surface area contributed by atoms with Crippen LogP contribution in [0.4, 0.5) is 0 Å². The highest BCUT2D eigenvalue weighted by atomic mass is 32.2.